The molecule has 1 aliphatic carbocycles. The van der Waals surface area contributed by atoms with Crippen molar-refractivity contribution >= 4 is 37.5 Å². The molecule has 1 aliphatic rings. The molecule has 6 heteroatoms. The number of nitrogens with one attached hydrogen (secondary N) is 1. The zero-order valence-electron chi connectivity index (χ0n) is 17.7. The summed E-state index contributed by atoms with van der Waals surface area (Å²) in [4.78, 5) is 12.4. The summed E-state index contributed by atoms with van der Waals surface area (Å²) in [6, 6.07) is 24.3. The number of amides is 1. The molecular weight excluding hydrogens is 422 g/mol. The quantitative estimate of drug-likeness (QED) is 0.457. The Morgan fingerprint density at radius 3 is 2.34 bits per heavy atom. The molecule has 0 spiro atoms. The molecule has 1 N–H and O–H groups in total. The molecule has 0 radical (unpaired) electrons. The average Bonchev–Trinajstić information content (AvgIpc) is 3.55. The number of carbonyl (C=O) groups excluding carboxylic acids is 1. The summed E-state index contributed by atoms with van der Waals surface area (Å²) in [5.74, 6) is -0.222. The molecule has 5 nitrogen and oxygen atoms in total. The Kier molecular flexibility index (Phi) is 4.90. The van der Waals surface area contributed by atoms with Crippen molar-refractivity contribution in [2.24, 2.45) is 0 Å². The van der Waals surface area contributed by atoms with Gasteiger partial charge in [0.1, 0.15) is 5.75 Å². The van der Waals surface area contributed by atoms with E-state index < -0.39 is 22.5 Å². The van der Waals surface area contributed by atoms with Crippen LogP contribution in [0.2, 0.25) is 0 Å². The van der Waals surface area contributed by atoms with Gasteiger partial charge in [0.2, 0.25) is 0 Å². The van der Waals surface area contributed by atoms with Gasteiger partial charge in [0.05, 0.1) is 4.90 Å². The van der Waals surface area contributed by atoms with Gasteiger partial charge in [-0.15, -0.1) is 0 Å². The lowest BCUT2D eigenvalue weighted by Gasteiger charge is -2.12. The molecule has 32 heavy (non-hydrogen) atoms. The van der Waals surface area contributed by atoms with Crippen LogP contribution in [0.25, 0.3) is 21.5 Å². The van der Waals surface area contributed by atoms with E-state index in [1.54, 1.807) is 18.2 Å². The van der Waals surface area contributed by atoms with E-state index in [1.807, 2.05) is 48.5 Å². The number of hydrogen-bond acceptors (Lipinski definition) is 4. The van der Waals surface area contributed by atoms with Gasteiger partial charge in [0, 0.05) is 0 Å². The minimum absolute atomic E-state index is 0.0576. The van der Waals surface area contributed by atoms with Crippen molar-refractivity contribution in [2.45, 2.75) is 30.1 Å². The third kappa shape index (κ3) is 4.06. The summed E-state index contributed by atoms with van der Waals surface area (Å²) in [6.07, 6.45) is 2.29. The molecule has 0 unspecified atom stereocenters. The van der Waals surface area contributed by atoms with Gasteiger partial charge in [0.25, 0.3) is 15.9 Å². The van der Waals surface area contributed by atoms with Crippen LogP contribution >= 0.6 is 0 Å². The van der Waals surface area contributed by atoms with Crippen molar-refractivity contribution in [2.75, 3.05) is 6.61 Å². The Morgan fingerprint density at radius 2 is 1.56 bits per heavy atom. The van der Waals surface area contributed by atoms with E-state index in [0.717, 1.165) is 34.4 Å². The number of benzene rings is 4. The van der Waals surface area contributed by atoms with Crippen molar-refractivity contribution < 1.29 is 17.9 Å². The van der Waals surface area contributed by atoms with E-state index in [4.69, 9.17) is 4.74 Å². The van der Waals surface area contributed by atoms with Gasteiger partial charge in [-0.3, -0.25) is 4.79 Å². The predicted octanol–water partition coefficient (Wildman–Crippen LogP) is 4.93. The number of hydrogen-bond donors (Lipinski definition) is 1. The van der Waals surface area contributed by atoms with Crippen LogP contribution in [0.5, 0.6) is 5.75 Å². The van der Waals surface area contributed by atoms with Gasteiger partial charge < -0.3 is 4.74 Å². The summed E-state index contributed by atoms with van der Waals surface area (Å²) in [5, 5.41) is 3.84. The fraction of sp³-hybridized carbons (Fsp3) is 0.192. The van der Waals surface area contributed by atoms with E-state index in [1.165, 1.54) is 11.6 Å². The summed E-state index contributed by atoms with van der Waals surface area (Å²) in [6.45, 7) is 1.82. The zero-order chi connectivity index (χ0) is 22.3. The van der Waals surface area contributed by atoms with E-state index in [0.29, 0.717) is 5.75 Å². The molecule has 4 aromatic carbocycles. The first-order valence-electron chi connectivity index (χ1n) is 10.5. The maximum Gasteiger partial charge on any atom is 0.271 e. The lowest BCUT2D eigenvalue weighted by Crippen LogP contribution is -2.34. The molecule has 0 aromatic heterocycles. The van der Waals surface area contributed by atoms with Crippen LogP contribution in [0.4, 0.5) is 0 Å². The molecule has 0 heterocycles. The number of sulfonamides is 1. The van der Waals surface area contributed by atoms with Gasteiger partial charge >= 0.3 is 0 Å². The molecule has 5 rings (SSSR count). The Hall–Kier alpha value is -3.38. The van der Waals surface area contributed by atoms with Gasteiger partial charge in [-0.2, -0.15) is 0 Å². The predicted molar refractivity (Wildman–Crippen MR) is 125 cm³/mol. The number of rotatable bonds is 6. The van der Waals surface area contributed by atoms with E-state index in [-0.39, 0.29) is 10.3 Å². The summed E-state index contributed by atoms with van der Waals surface area (Å²) in [7, 11) is -4.00. The fourth-order valence-electron chi connectivity index (χ4n) is 3.89. The van der Waals surface area contributed by atoms with Crippen LogP contribution < -0.4 is 9.46 Å². The first kappa shape index (κ1) is 20.5. The molecule has 4 aromatic rings. The van der Waals surface area contributed by atoms with Crippen molar-refractivity contribution in [3.05, 3.63) is 84.4 Å². The third-order valence-electron chi connectivity index (χ3n) is 6.16. The Balaban J connectivity index is 1.30. The van der Waals surface area contributed by atoms with Crippen LogP contribution in [0, 0.1) is 0 Å². The third-order valence-corrected chi connectivity index (χ3v) is 7.53. The van der Waals surface area contributed by atoms with Crippen LogP contribution in [-0.4, -0.2) is 20.9 Å². The summed E-state index contributed by atoms with van der Waals surface area (Å²) < 4.78 is 33.2. The maximum atomic E-state index is 12.8. The minimum Gasteiger partial charge on any atom is -0.484 e. The molecule has 1 saturated carbocycles. The smallest absolute Gasteiger partial charge is 0.271 e. The maximum absolute atomic E-state index is 12.8. The van der Waals surface area contributed by atoms with Crippen molar-refractivity contribution in [1.82, 2.24) is 4.72 Å². The second kappa shape index (κ2) is 7.64. The van der Waals surface area contributed by atoms with Crippen LogP contribution in [0.1, 0.15) is 25.3 Å². The zero-order valence-corrected chi connectivity index (χ0v) is 18.5. The molecule has 0 aliphatic heterocycles. The van der Waals surface area contributed by atoms with Crippen molar-refractivity contribution in [3.8, 4) is 5.75 Å². The first-order valence-corrected chi connectivity index (χ1v) is 12.0. The largest absolute Gasteiger partial charge is 0.484 e. The number of fused-ring (bicyclic) bond motifs is 2. The van der Waals surface area contributed by atoms with E-state index >= 15 is 0 Å². The summed E-state index contributed by atoms with van der Waals surface area (Å²) in [5.41, 5.74) is 1.41. The molecule has 1 amide bonds. The second-order valence-electron chi connectivity index (χ2n) is 8.61. The highest BCUT2D eigenvalue weighted by molar-refractivity contribution is 7.90. The Bertz CT molecular complexity index is 1460. The molecule has 162 valence electrons. The SMILES string of the molecule is CC1(c2ccc3ccc(S(=O)(=O)NC(=O)COc4ccc5ccccc5c4)cc3c2)CC1. The van der Waals surface area contributed by atoms with Crippen LogP contribution in [0.3, 0.4) is 0 Å². The fourth-order valence-corrected chi connectivity index (χ4v) is 4.89. The van der Waals surface area contributed by atoms with Gasteiger partial charge in [-0.05, 0) is 69.6 Å². The second-order valence-corrected chi connectivity index (χ2v) is 10.3. The molecule has 0 saturated heterocycles. The van der Waals surface area contributed by atoms with Gasteiger partial charge in [-0.25, -0.2) is 13.1 Å². The van der Waals surface area contributed by atoms with Gasteiger partial charge in [-0.1, -0.05) is 61.5 Å². The van der Waals surface area contributed by atoms with Gasteiger partial charge in [0.15, 0.2) is 6.61 Å². The van der Waals surface area contributed by atoms with Crippen molar-refractivity contribution in [3.63, 3.8) is 0 Å². The Labute approximate surface area is 187 Å². The summed E-state index contributed by atoms with van der Waals surface area (Å²) >= 11 is 0. The number of ether oxygens (including phenoxy) is 1. The standard InChI is InChI=1S/C26H23NO4S/c1-26(12-13-26)22-9-6-19-8-11-24(16-21(19)14-22)32(29,30)27-25(28)17-31-23-10-7-18-4-2-3-5-20(18)15-23/h2-11,14-16H,12-13,17H2,1H3,(H,27,28). The molecule has 1 fully saturated rings. The normalized spacial score (nSPS) is 14.9. The topological polar surface area (TPSA) is 72.5 Å². The van der Waals surface area contributed by atoms with Crippen LogP contribution in [-0.2, 0) is 20.2 Å². The minimum atomic E-state index is -4.00. The van der Waals surface area contributed by atoms with Crippen molar-refractivity contribution in [1.29, 1.82) is 0 Å². The lowest BCUT2D eigenvalue weighted by atomic mass is 9.95. The molecule has 0 bridgehead atoms. The molecule has 0 atom stereocenters. The Morgan fingerprint density at radius 1 is 0.875 bits per heavy atom. The number of carbonyl (C=O) groups is 1. The van der Waals surface area contributed by atoms with Crippen LogP contribution in [0.15, 0.2) is 83.8 Å². The van der Waals surface area contributed by atoms with E-state index in [9.17, 15) is 13.2 Å². The molecular formula is C26H23NO4S. The highest BCUT2D eigenvalue weighted by Gasteiger charge is 2.38. The first-order chi connectivity index (χ1) is 15.3. The monoisotopic (exact) mass is 445 g/mol. The highest BCUT2D eigenvalue weighted by atomic mass is 32.2. The lowest BCUT2D eigenvalue weighted by molar-refractivity contribution is -0.121. The highest BCUT2D eigenvalue weighted by Crippen LogP contribution is 2.48. The average molecular weight is 446 g/mol. The van der Waals surface area contributed by atoms with E-state index in [2.05, 4.69) is 17.7 Å².